The molecule has 1 heterocycles. The molecule has 31 heavy (non-hydrogen) atoms. The van der Waals surface area contributed by atoms with E-state index in [2.05, 4.69) is 24.9 Å². The molecule has 0 unspecified atom stereocenters. The Hall–Kier alpha value is -2.82. The minimum atomic E-state index is -0.831. The van der Waals surface area contributed by atoms with E-state index in [1.807, 2.05) is 44.2 Å². The molecule has 0 amide bonds. The van der Waals surface area contributed by atoms with E-state index >= 15 is 0 Å². The predicted octanol–water partition coefficient (Wildman–Crippen LogP) is 3.08. The number of carbonyl (C=O) groups excluding carboxylic acids is 1. The fraction of sp³-hybridized carbons (Fsp3) is 0.318. The zero-order chi connectivity index (χ0) is 23.4. The van der Waals surface area contributed by atoms with Gasteiger partial charge in [0.05, 0.1) is 14.2 Å². The Bertz CT molecular complexity index is 887. The van der Waals surface area contributed by atoms with Gasteiger partial charge < -0.3 is 14.2 Å². The summed E-state index contributed by atoms with van der Waals surface area (Å²) in [5.74, 6) is 1.37. The third-order valence-corrected chi connectivity index (χ3v) is 4.80. The van der Waals surface area contributed by atoms with E-state index in [0.717, 1.165) is 5.56 Å². The van der Waals surface area contributed by atoms with Gasteiger partial charge in [-0.2, -0.15) is 0 Å². The molecule has 8 nitrogen and oxygen atoms in total. The normalized spacial score (nSPS) is 22.3. The molecule has 1 aromatic rings. The van der Waals surface area contributed by atoms with Crippen molar-refractivity contribution in [1.29, 1.82) is 0 Å². The predicted molar refractivity (Wildman–Crippen MR) is 104 cm³/mol. The summed E-state index contributed by atoms with van der Waals surface area (Å²) < 4.78 is 38.5. The summed E-state index contributed by atoms with van der Waals surface area (Å²) in [4.78, 5) is 17.0. The summed E-state index contributed by atoms with van der Waals surface area (Å²) >= 11 is 0. The maximum Gasteiger partial charge on any atom is 0 e. The van der Waals surface area contributed by atoms with Crippen molar-refractivity contribution in [1.82, 2.24) is 0 Å². The van der Waals surface area contributed by atoms with Gasteiger partial charge in [0, 0.05) is 28.6 Å². The molecule has 1 aliphatic carbocycles. The molecule has 2 atom stereocenters. The minimum absolute atomic E-state index is 0. The number of hydrogen-bond donors (Lipinski definition) is 0. The molecule has 1 aromatic carbocycles. The largest absolute Gasteiger partial charge is 0 e. The number of methoxy groups -OCH3 is 2. The molecule has 164 valence electrons. The number of rotatable bonds is 5. The minimum Gasteiger partial charge on any atom is 0 e. The van der Waals surface area contributed by atoms with Crippen LogP contribution in [0.2, 0.25) is 0 Å². The van der Waals surface area contributed by atoms with Gasteiger partial charge >= 0.3 is 39.9 Å². The van der Waals surface area contributed by atoms with Crippen LogP contribution in [0.25, 0.3) is 0 Å². The van der Waals surface area contributed by atoms with Crippen LogP contribution in [0.1, 0.15) is 25.8 Å². The molecule has 0 saturated heterocycles. The molecular weight excluding hydrogens is 446 g/mol. The Balaban J connectivity index is 0. The first kappa shape index (κ1) is 30.4. The topological polar surface area (TPSA) is 117 Å². The molecule has 0 bridgehead atoms. The standard InChI is InChI=1S/C19H21NO4.3CO.Fe/c1-5-6-7-8-16-20-19(17(21)24-16)12-18(19,2)13-9-10-14(22-3)15(11-13)23-4;3*1-2;/h5-11H,12H2,1-4H3;;;;/b6-5+,8-7+;;;;/t18-,19-;;;;/m0..../s1. The van der Waals surface area contributed by atoms with Crippen molar-refractivity contribution in [2.75, 3.05) is 14.2 Å². The molecule has 2 aliphatic rings. The Morgan fingerprint density at radius 1 is 1.06 bits per heavy atom. The molecule has 9 heteroatoms. The van der Waals surface area contributed by atoms with Crippen LogP contribution in [-0.2, 0) is 46.0 Å². The van der Waals surface area contributed by atoms with Gasteiger partial charge in [-0.25, -0.2) is 9.79 Å². The zero-order valence-corrected chi connectivity index (χ0v) is 18.5. The Morgan fingerprint density at radius 2 is 1.65 bits per heavy atom. The number of hydrogen-bond acceptors (Lipinski definition) is 5. The van der Waals surface area contributed by atoms with Gasteiger partial charge in [-0.05, 0) is 31.0 Å². The second-order valence-electron chi connectivity index (χ2n) is 6.16. The van der Waals surface area contributed by atoms with E-state index in [9.17, 15) is 4.79 Å². The first-order valence-electron chi connectivity index (χ1n) is 8.46. The van der Waals surface area contributed by atoms with Crippen molar-refractivity contribution in [3.05, 3.63) is 68.0 Å². The molecular formula is C22H21FeNO7. The van der Waals surface area contributed by atoms with E-state index in [-0.39, 0.29) is 23.0 Å². The van der Waals surface area contributed by atoms with Crippen LogP contribution >= 0.6 is 0 Å². The van der Waals surface area contributed by atoms with Crippen molar-refractivity contribution < 1.29 is 50.0 Å². The molecule has 1 fully saturated rings. The van der Waals surface area contributed by atoms with E-state index in [1.165, 1.54) is 0 Å². The Morgan fingerprint density at radius 3 is 2.16 bits per heavy atom. The number of allylic oxidation sites excluding steroid dienone is 3. The number of benzene rings is 1. The monoisotopic (exact) mass is 467 g/mol. The molecule has 1 aliphatic heterocycles. The zero-order valence-electron chi connectivity index (χ0n) is 17.4. The second kappa shape index (κ2) is 14.2. The summed E-state index contributed by atoms with van der Waals surface area (Å²) in [6.07, 6.45) is 7.90. The second-order valence-corrected chi connectivity index (χ2v) is 6.16. The van der Waals surface area contributed by atoms with Crippen LogP contribution < -0.4 is 9.47 Å². The third-order valence-electron chi connectivity index (χ3n) is 4.80. The van der Waals surface area contributed by atoms with Crippen molar-refractivity contribution in [3.8, 4) is 11.5 Å². The van der Waals surface area contributed by atoms with Crippen LogP contribution in [0, 0.1) is 20.0 Å². The molecule has 1 spiro atoms. The number of aliphatic imine (C=N–C) groups is 1. The fourth-order valence-corrected chi connectivity index (χ4v) is 3.20. The van der Waals surface area contributed by atoms with Crippen LogP contribution in [0.4, 0.5) is 0 Å². The Kier molecular flexibility index (Phi) is 13.9. The number of cyclic esters (lactones) is 1. The van der Waals surface area contributed by atoms with Crippen molar-refractivity contribution in [3.63, 3.8) is 0 Å². The maximum absolute atomic E-state index is 12.4. The molecule has 0 N–H and O–H groups in total. The molecule has 1 saturated carbocycles. The molecule has 0 aromatic heterocycles. The van der Waals surface area contributed by atoms with Gasteiger partial charge in [0.15, 0.2) is 17.0 Å². The average Bonchev–Trinajstić information content (AvgIpc) is 3.30. The van der Waals surface area contributed by atoms with Gasteiger partial charge in [-0.3, -0.25) is 0 Å². The van der Waals surface area contributed by atoms with Crippen molar-refractivity contribution >= 4 is 11.9 Å². The summed E-state index contributed by atoms with van der Waals surface area (Å²) in [7, 11) is 3.19. The van der Waals surface area contributed by atoms with Crippen molar-refractivity contribution in [2.45, 2.75) is 31.2 Å². The van der Waals surface area contributed by atoms with Gasteiger partial charge in [0.25, 0.3) is 0 Å². The van der Waals surface area contributed by atoms with Crippen LogP contribution in [0.5, 0.6) is 11.5 Å². The summed E-state index contributed by atoms with van der Waals surface area (Å²) in [5, 5.41) is 0. The summed E-state index contributed by atoms with van der Waals surface area (Å²) in [6.45, 7) is 17.4. The van der Waals surface area contributed by atoms with Crippen LogP contribution in [0.3, 0.4) is 0 Å². The van der Waals surface area contributed by atoms with Crippen LogP contribution in [0.15, 0.2) is 47.5 Å². The average molecular weight is 467 g/mol. The first-order chi connectivity index (χ1) is 14.5. The maximum atomic E-state index is 12.4. The quantitative estimate of drug-likeness (QED) is 0.218. The van der Waals surface area contributed by atoms with Crippen LogP contribution in [-0.4, -0.2) is 31.6 Å². The van der Waals surface area contributed by atoms with Gasteiger partial charge in [-0.1, -0.05) is 31.2 Å². The fourth-order valence-electron chi connectivity index (χ4n) is 3.20. The van der Waals surface area contributed by atoms with Gasteiger partial charge in [0.2, 0.25) is 5.90 Å². The third kappa shape index (κ3) is 6.09. The number of nitrogens with zero attached hydrogens (tertiary/aromatic N) is 1. The first-order valence-corrected chi connectivity index (χ1v) is 8.46. The summed E-state index contributed by atoms with van der Waals surface area (Å²) in [5.41, 5.74) is -0.248. The van der Waals surface area contributed by atoms with E-state index in [1.54, 1.807) is 26.4 Å². The smallest absolute Gasteiger partial charge is 0 e. The number of carbonyl (C=O) groups is 1. The number of esters is 1. The van der Waals surface area contributed by atoms with Gasteiger partial charge in [-0.15, -0.1) is 0 Å². The van der Waals surface area contributed by atoms with Gasteiger partial charge in [0.1, 0.15) is 0 Å². The molecule has 0 radical (unpaired) electrons. The van der Waals surface area contributed by atoms with E-state index in [4.69, 9.17) is 28.2 Å². The van der Waals surface area contributed by atoms with Crippen molar-refractivity contribution in [2.24, 2.45) is 4.99 Å². The Labute approximate surface area is 192 Å². The molecule has 3 rings (SSSR count). The number of ether oxygens (including phenoxy) is 3. The van der Waals surface area contributed by atoms with E-state index in [0.29, 0.717) is 23.8 Å². The SMILES string of the molecule is C/C=C/C=C/C1=N[C@@]2(C[C@@]2(C)c2ccc(OC)c(OC)c2)C(=O)O1.[C-]#[O+].[C-]#[O+].[C-]#[O+].[Fe]. The van der Waals surface area contributed by atoms with E-state index < -0.39 is 11.0 Å². The summed E-state index contributed by atoms with van der Waals surface area (Å²) in [6, 6.07) is 5.71.